The second kappa shape index (κ2) is 103. The molecule has 6 amide bonds. The van der Waals surface area contributed by atoms with Gasteiger partial charge in [0.2, 0.25) is 35.4 Å². The van der Waals surface area contributed by atoms with Crippen molar-refractivity contribution in [2.75, 3.05) is 152 Å². The zero-order chi connectivity index (χ0) is 96.0. The van der Waals surface area contributed by atoms with Crippen molar-refractivity contribution in [1.29, 1.82) is 0 Å². The Hall–Kier alpha value is -5.54. The highest BCUT2D eigenvalue weighted by molar-refractivity contribution is 5.88. The molecule has 0 heterocycles. The Kier molecular flexibility index (Phi) is 98.5. The molecule has 0 radical (unpaired) electrons. The van der Waals surface area contributed by atoms with Crippen LogP contribution in [0.25, 0.3) is 0 Å². The fraction of sp³-hybridized carbons (Fsp3) is 0.906. The van der Waals surface area contributed by atoms with Crippen LogP contribution in [0, 0.1) is 0 Å². The summed E-state index contributed by atoms with van der Waals surface area (Å²) >= 11 is 0. The molecule has 0 saturated heterocycles. The van der Waals surface area contributed by atoms with E-state index < -0.39 is 11.9 Å². The van der Waals surface area contributed by atoms with E-state index in [0.29, 0.717) is 131 Å². The molecule has 0 rings (SSSR count). The second-order valence-electron chi connectivity index (χ2n) is 36.4. The molecule has 0 saturated carbocycles. The average molecular weight is 1880 g/mol. The predicted molar refractivity (Wildman–Crippen MR) is 531 cm³/mol. The molecule has 0 aliphatic heterocycles. The van der Waals surface area contributed by atoms with Crippen molar-refractivity contribution in [3.05, 3.63) is 0 Å². The quantitative estimate of drug-likeness (QED) is 0.0250. The highest BCUT2D eigenvalue weighted by Crippen LogP contribution is 2.20. The summed E-state index contributed by atoms with van der Waals surface area (Å²) in [6, 6.07) is -0.929. The number of unbranched alkanes of at least 4 members (excludes halogenated alkanes) is 49. The highest BCUT2D eigenvalue weighted by Gasteiger charge is 2.23. The molecule has 0 aliphatic carbocycles. The van der Waals surface area contributed by atoms with Crippen LogP contribution in [-0.2, 0) is 95.3 Å². The van der Waals surface area contributed by atoms with Gasteiger partial charge in [-0.2, -0.15) is 0 Å². The van der Waals surface area contributed by atoms with Crippen molar-refractivity contribution in [3.63, 3.8) is 0 Å². The number of hydrogen-bond acceptors (Lipinski definition) is 20. The summed E-state index contributed by atoms with van der Waals surface area (Å²) < 4.78 is 55.3. The van der Waals surface area contributed by atoms with E-state index >= 15 is 0 Å². The lowest BCUT2D eigenvalue weighted by atomic mass is 10.0. The van der Waals surface area contributed by atoms with Crippen molar-refractivity contribution in [2.45, 2.75) is 470 Å². The van der Waals surface area contributed by atoms with Crippen molar-refractivity contribution in [1.82, 2.24) is 31.1 Å². The molecule has 0 aromatic rings. The van der Waals surface area contributed by atoms with E-state index in [2.05, 4.69) is 49.0 Å². The van der Waals surface area contributed by atoms with Crippen LogP contribution in [0.4, 0.5) is 0 Å². The number of ether oxygens (including phenoxy) is 10. The molecule has 0 bridgehead atoms. The van der Waals surface area contributed by atoms with Gasteiger partial charge >= 0.3 is 23.9 Å². The van der Waals surface area contributed by atoms with Crippen LogP contribution in [0.3, 0.4) is 0 Å². The van der Waals surface area contributed by atoms with Gasteiger partial charge in [-0.05, 0) is 70.6 Å². The first-order valence-corrected chi connectivity index (χ1v) is 54.4. The maximum absolute atomic E-state index is 14.0. The van der Waals surface area contributed by atoms with Crippen molar-refractivity contribution < 1.29 is 95.3 Å². The standard InChI is InChI=1S/C106H200N6O20/c1-6-10-14-18-22-26-30-34-38-42-46-50-54-69-102(118)129-84-77-111(78-85-130-103(119)70-55-51-47-43-39-35-31-27-23-19-15-11-7-2)100(116)67-60-65-97(113)107-74-59-58-64-96(106(122)109-76-63-82-125-91-94-128-93-90-124-81-62-75-108-98(114)73-83-126-92-95-127-89-88-123-5)110-99(115)66-61-68-101(117)112(79-86-131-104(120)71-56-52-48-44-40-36-32-28-24-20-16-12-8-3)80-87-132-105(121)72-57-53-49-45-41-37-33-29-25-21-17-13-9-4/h96H,6-95H2,1-5H3,(H,107,113)(H,108,114)(H,109,122)(H,110,115)/t96-/m0/s1. The molecule has 132 heavy (non-hydrogen) atoms. The zero-order valence-corrected chi connectivity index (χ0v) is 85.3. The van der Waals surface area contributed by atoms with E-state index in [1.54, 1.807) is 12.0 Å². The van der Waals surface area contributed by atoms with Gasteiger partial charge in [-0.15, -0.1) is 0 Å². The third-order valence-electron chi connectivity index (χ3n) is 24.2. The van der Waals surface area contributed by atoms with Crippen LogP contribution in [-0.4, -0.2) is 227 Å². The SMILES string of the molecule is CCCCCCCCCCCCCCCC(=O)OCCN(CCOC(=O)CCCCCCCCCCCCCCC)C(=O)CCCC(=O)NCCCC[C@H](NC(=O)CCCC(=O)N(CCOC(=O)CCCCCCCCCCCCCCC)CCOC(=O)CCCCCCCCCCCCCCC)C(=O)NCCCOCCOCCOCCCNC(=O)CCOCCOCCOC. The summed E-state index contributed by atoms with van der Waals surface area (Å²) in [6.45, 7) is 14.9. The van der Waals surface area contributed by atoms with Gasteiger partial charge in [-0.3, -0.25) is 47.9 Å². The van der Waals surface area contributed by atoms with Gasteiger partial charge in [0.25, 0.3) is 0 Å². The Labute approximate surface area is 804 Å². The van der Waals surface area contributed by atoms with Gasteiger partial charge in [-0.1, -0.05) is 336 Å². The Balaban J connectivity index is 5.82. The molecule has 1 atom stereocenters. The Morgan fingerprint density at radius 2 is 0.470 bits per heavy atom. The topological polar surface area (TPSA) is 318 Å². The first-order chi connectivity index (χ1) is 64.7. The van der Waals surface area contributed by atoms with Gasteiger partial charge in [0.1, 0.15) is 32.5 Å². The minimum absolute atomic E-state index is 0.0105. The first-order valence-electron chi connectivity index (χ1n) is 54.4. The van der Waals surface area contributed by atoms with E-state index in [4.69, 9.17) is 47.4 Å². The van der Waals surface area contributed by atoms with Gasteiger partial charge in [0.15, 0.2) is 0 Å². The third kappa shape index (κ3) is 93.5. The number of esters is 4. The van der Waals surface area contributed by atoms with E-state index in [1.807, 2.05) is 0 Å². The van der Waals surface area contributed by atoms with E-state index in [1.165, 1.54) is 249 Å². The fourth-order valence-corrected chi connectivity index (χ4v) is 15.9. The van der Waals surface area contributed by atoms with E-state index in [0.717, 1.165) is 89.9 Å². The maximum Gasteiger partial charge on any atom is 0.305 e. The van der Waals surface area contributed by atoms with E-state index in [-0.39, 0.29) is 170 Å². The molecule has 0 aromatic heterocycles. The summed E-state index contributed by atoms with van der Waals surface area (Å²) in [6.07, 6.45) is 66.8. The van der Waals surface area contributed by atoms with Crippen LogP contribution >= 0.6 is 0 Å². The summed E-state index contributed by atoms with van der Waals surface area (Å²) in [7, 11) is 1.61. The molecular weight excluding hydrogens is 1680 g/mol. The number of rotatable bonds is 106. The predicted octanol–water partition coefficient (Wildman–Crippen LogP) is 22.0. The average Bonchev–Trinajstić information content (AvgIpc) is 0.902. The van der Waals surface area contributed by atoms with Crippen molar-refractivity contribution in [2.24, 2.45) is 0 Å². The van der Waals surface area contributed by atoms with Gasteiger partial charge in [0, 0.05) is 97.7 Å². The maximum atomic E-state index is 14.0. The highest BCUT2D eigenvalue weighted by atomic mass is 16.6. The van der Waals surface area contributed by atoms with Crippen molar-refractivity contribution in [3.8, 4) is 0 Å². The smallest absolute Gasteiger partial charge is 0.305 e. The van der Waals surface area contributed by atoms with Gasteiger partial charge in [0.05, 0.1) is 85.6 Å². The number of hydrogen-bond donors (Lipinski definition) is 4. The molecule has 0 unspecified atom stereocenters. The van der Waals surface area contributed by atoms with Gasteiger partial charge in [-0.25, -0.2) is 0 Å². The van der Waals surface area contributed by atoms with Crippen LogP contribution in [0.2, 0.25) is 0 Å². The lowest BCUT2D eigenvalue weighted by Gasteiger charge is -2.23. The zero-order valence-electron chi connectivity index (χ0n) is 85.3. The second-order valence-corrected chi connectivity index (χ2v) is 36.4. The number of nitrogens with one attached hydrogen (secondary N) is 4. The minimum atomic E-state index is -0.929. The van der Waals surface area contributed by atoms with Gasteiger partial charge < -0.3 is 78.4 Å². The molecule has 0 aromatic carbocycles. The van der Waals surface area contributed by atoms with Crippen LogP contribution in [0.5, 0.6) is 0 Å². The summed E-state index contributed by atoms with van der Waals surface area (Å²) in [5, 5.41) is 11.7. The summed E-state index contributed by atoms with van der Waals surface area (Å²) in [4.78, 5) is 136. The minimum Gasteiger partial charge on any atom is -0.464 e. The molecular formula is C106H200N6O20. The molecule has 774 valence electrons. The lowest BCUT2D eigenvalue weighted by Crippen LogP contribution is -2.47. The Morgan fingerprint density at radius 3 is 0.773 bits per heavy atom. The monoisotopic (exact) mass is 1880 g/mol. The van der Waals surface area contributed by atoms with Crippen molar-refractivity contribution >= 4 is 59.3 Å². The number of nitrogens with zero attached hydrogens (tertiary/aromatic N) is 2. The molecule has 4 N–H and O–H groups in total. The summed E-state index contributed by atoms with van der Waals surface area (Å²) in [5.41, 5.74) is 0. The van der Waals surface area contributed by atoms with Crippen LogP contribution in [0.1, 0.15) is 464 Å². The Morgan fingerprint density at radius 1 is 0.220 bits per heavy atom. The number of carbonyl (C=O) groups excluding carboxylic acids is 10. The lowest BCUT2D eigenvalue weighted by molar-refractivity contribution is -0.148. The van der Waals surface area contributed by atoms with Crippen LogP contribution in [0.15, 0.2) is 0 Å². The number of methoxy groups -OCH3 is 1. The normalized spacial score (nSPS) is 11.5. The number of amides is 6. The number of carbonyl (C=O) groups is 10. The third-order valence-corrected chi connectivity index (χ3v) is 24.2. The Bertz CT molecular complexity index is 2550. The molecule has 0 spiro atoms. The molecule has 0 fully saturated rings. The largest absolute Gasteiger partial charge is 0.464 e. The summed E-state index contributed by atoms with van der Waals surface area (Å²) in [5.74, 6) is -2.91. The molecule has 26 nitrogen and oxygen atoms in total. The molecule has 26 heteroatoms. The first kappa shape index (κ1) is 126. The molecule has 0 aliphatic rings. The fourth-order valence-electron chi connectivity index (χ4n) is 15.9. The van der Waals surface area contributed by atoms with Crippen LogP contribution < -0.4 is 21.3 Å². The van der Waals surface area contributed by atoms with E-state index in [9.17, 15) is 47.9 Å².